The van der Waals surface area contributed by atoms with Crippen LogP contribution in [0.5, 0.6) is 11.5 Å². The van der Waals surface area contributed by atoms with E-state index in [0.29, 0.717) is 11.1 Å². The summed E-state index contributed by atoms with van der Waals surface area (Å²) < 4.78 is 68.9. The van der Waals surface area contributed by atoms with Crippen LogP contribution >= 0.6 is 0 Å². The van der Waals surface area contributed by atoms with Crippen molar-refractivity contribution >= 4 is 5.91 Å². The van der Waals surface area contributed by atoms with Crippen LogP contribution in [-0.4, -0.2) is 18.9 Å². The van der Waals surface area contributed by atoms with Gasteiger partial charge in [-0.3, -0.25) is 4.79 Å². The second kappa shape index (κ2) is 8.70. The van der Waals surface area contributed by atoms with E-state index in [1.54, 1.807) is 13.0 Å². The minimum absolute atomic E-state index is 0.0242. The molecule has 0 aliphatic heterocycles. The molecule has 0 spiro atoms. The number of alkyl halides is 5. The highest BCUT2D eigenvalue weighted by molar-refractivity contribution is 5.79. The number of halogens is 5. The molecule has 1 amide bonds. The predicted molar refractivity (Wildman–Crippen MR) is 86.5 cm³/mol. The Labute approximate surface area is 151 Å². The first-order chi connectivity index (χ1) is 12.6. The number of amides is 1. The van der Waals surface area contributed by atoms with Crippen molar-refractivity contribution in [1.29, 1.82) is 0 Å². The molecule has 9 heteroatoms. The maximum Gasteiger partial charge on any atom is 0.573 e. The highest BCUT2D eigenvalue weighted by atomic mass is 19.4. The van der Waals surface area contributed by atoms with Gasteiger partial charge in [-0.2, -0.15) is 8.78 Å². The van der Waals surface area contributed by atoms with E-state index in [1.165, 1.54) is 30.3 Å². The number of ether oxygens (including phenoxy) is 2. The summed E-state index contributed by atoms with van der Waals surface area (Å²) in [5.41, 5.74) is 1.06. The van der Waals surface area contributed by atoms with Gasteiger partial charge in [0.1, 0.15) is 11.5 Å². The molecule has 1 unspecified atom stereocenters. The molecule has 0 aromatic heterocycles. The molecule has 1 atom stereocenters. The summed E-state index contributed by atoms with van der Waals surface area (Å²) in [4.78, 5) is 12.1. The maximum absolute atomic E-state index is 12.3. The Morgan fingerprint density at radius 1 is 1.07 bits per heavy atom. The van der Waals surface area contributed by atoms with Gasteiger partial charge in [-0.1, -0.05) is 24.3 Å². The van der Waals surface area contributed by atoms with Gasteiger partial charge >= 0.3 is 13.0 Å². The lowest BCUT2D eigenvalue weighted by Gasteiger charge is -2.16. The first kappa shape index (κ1) is 20.5. The van der Waals surface area contributed by atoms with Crippen LogP contribution in [0.25, 0.3) is 0 Å². The fraction of sp³-hybridized carbons (Fsp3) is 0.278. The normalized spacial score (nSPS) is 12.6. The number of rotatable bonds is 7. The second-order valence-corrected chi connectivity index (χ2v) is 5.61. The van der Waals surface area contributed by atoms with Crippen LogP contribution in [0, 0.1) is 0 Å². The third-order valence-corrected chi connectivity index (χ3v) is 3.48. The lowest BCUT2D eigenvalue weighted by atomic mass is 10.1. The van der Waals surface area contributed by atoms with Crippen molar-refractivity contribution in [2.75, 3.05) is 0 Å². The van der Waals surface area contributed by atoms with E-state index in [-0.39, 0.29) is 23.8 Å². The molecule has 1 N–H and O–H groups in total. The van der Waals surface area contributed by atoms with Crippen LogP contribution in [0.15, 0.2) is 48.5 Å². The smallest absolute Gasteiger partial charge is 0.435 e. The van der Waals surface area contributed by atoms with Gasteiger partial charge in [-0.05, 0) is 42.3 Å². The van der Waals surface area contributed by atoms with Gasteiger partial charge in [-0.15, -0.1) is 13.2 Å². The van der Waals surface area contributed by atoms with E-state index in [9.17, 15) is 26.7 Å². The molecule has 146 valence electrons. The molecule has 0 heterocycles. The van der Waals surface area contributed by atoms with Crippen molar-refractivity contribution in [1.82, 2.24) is 5.32 Å². The average Bonchev–Trinajstić information content (AvgIpc) is 2.55. The molecule has 0 saturated carbocycles. The first-order valence-electron chi connectivity index (χ1n) is 7.81. The van der Waals surface area contributed by atoms with Crippen LogP contribution in [0.4, 0.5) is 22.0 Å². The fourth-order valence-corrected chi connectivity index (χ4v) is 2.33. The molecule has 2 aromatic carbocycles. The Bertz CT molecular complexity index is 762. The van der Waals surface area contributed by atoms with E-state index in [4.69, 9.17) is 0 Å². The van der Waals surface area contributed by atoms with Gasteiger partial charge in [-0.25, -0.2) is 0 Å². The van der Waals surface area contributed by atoms with E-state index in [1.807, 2.05) is 0 Å². The molecule has 2 rings (SSSR count). The van der Waals surface area contributed by atoms with Gasteiger partial charge < -0.3 is 14.8 Å². The van der Waals surface area contributed by atoms with Crippen LogP contribution in [-0.2, 0) is 11.2 Å². The third-order valence-electron chi connectivity index (χ3n) is 3.48. The Morgan fingerprint density at radius 2 is 1.74 bits per heavy atom. The summed E-state index contributed by atoms with van der Waals surface area (Å²) in [6, 6.07) is 10.4. The molecule has 0 aliphatic rings. The monoisotopic (exact) mass is 389 g/mol. The van der Waals surface area contributed by atoms with Crippen LogP contribution < -0.4 is 14.8 Å². The number of hydrogen-bond donors (Lipinski definition) is 1. The summed E-state index contributed by atoms with van der Waals surface area (Å²) in [5.74, 6) is -0.785. The van der Waals surface area contributed by atoms with Crippen molar-refractivity contribution in [3.63, 3.8) is 0 Å². The molecule has 0 bridgehead atoms. The van der Waals surface area contributed by atoms with E-state index >= 15 is 0 Å². The summed E-state index contributed by atoms with van der Waals surface area (Å²) in [6.45, 7) is -1.28. The average molecular weight is 389 g/mol. The summed E-state index contributed by atoms with van der Waals surface area (Å²) >= 11 is 0. The lowest BCUT2D eigenvalue weighted by molar-refractivity contribution is -0.274. The Hall–Kier alpha value is -2.84. The quantitative estimate of drug-likeness (QED) is 0.704. The minimum atomic E-state index is -4.78. The summed E-state index contributed by atoms with van der Waals surface area (Å²) in [6.07, 6.45) is -4.85. The molecular weight excluding hydrogens is 373 g/mol. The number of carbonyl (C=O) groups excluding carboxylic acids is 1. The van der Waals surface area contributed by atoms with Gasteiger partial charge in [0, 0.05) is 0 Å². The van der Waals surface area contributed by atoms with Gasteiger partial charge in [0.2, 0.25) is 5.91 Å². The highest BCUT2D eigenvalue weighted by Crippen LogP contribution is 2.23. The number of carbonyl (C=O) groups is 1. The molecule has 4 nitrogen and oxygen atoms in total. The third kappa shape index (κ3) is 7.12. The fourth-order valence-electron chi connectivity index (χ4n) is 2.33. The van der Waals surface area contributed by atoms with Gasteiger partial charge in [0.25, 0.3) is 0 Å². The van der Waals surface area contributed by atoms with E-state index in [2.05, 4.69) is 14.8 Å². The first-order valence-corrected chi connectivity index (χ1v) is 7.81. The summed E-state index contributed by atoms with van der Waals surface area (Å²) in [7, 11) is 0. The van der Waals surface area contributed by atoms with Crippen LogP contribution in [0.2, 0.25) is 0 Å². The summed E-state index contributed by atoms with van der Waals surface area (Å²) in [5, 5.41) is 2.68. The number of nitrogens with one attached hydrogen (secondary N) is 1. The van der Waals surface area contributed by atoms with Crippen molar-refractivity contribution in [2.24, 2.45) is 0 Å². The zero-order chi connectivity index (χ0) is 20.0. The molecule has 27 heavy (non-hydrogen) atoms. The zero-order valence-corrected chi connectivity index (χ0v) is 14.1. The molecular formula is C18H16F5NO3. The second-order valence-electron chi connectivity index (χ2n) is 5.61. The van der Waals surface area contributed by atoms with Crippen molar-refractivity contribution < 1.29 is 36.2 Å². The predicted octanol–water partition coefficient (Wildman–Crippen LogP) is 4.61. The van der Waals surface area contributed by atoms with Crippen LogP contribution in [0.3, 0.4) is 0 Å². The topological polar surface area (TPSA) is 47.6 Å². The molecule has 0 saturated heterocycles. The molecule has 0 radical (unpaired) electrons. The van der Waals surface area contributed by atoms with E-state index < -0.39 is 19.0 Å². The number of benzene rings is 2. The van der Waals surface area contributed by atoms with Crippen LogP contribution in [0.1, 0.15) is 24.1 Å². The standard InChI is InChI=1S/C18H16F5NO3/c1-11(13-3-2-4-15(10-13)26-17(19)20)24-16(25)9-12-5-7-14(8-6-12)27-18(21,22)23/h2-8,10-11,17H,9H2,1H3,(H,24,25). The molecule has 0 fully saturated rings. The molecule has 2 aromatic rings. The zero-order valence-electron chi connectivity index (χ0n) is 14.1. The Balaban J connectivity index is 1.93. The molecule has 0 aliphatic carbocycles. The van der Waals surface area contributed by atoms with E-state index in [0.717, 1.165) is 12.1 Å². The minimum Gasteiger partial charge on any atom is -0.435 e. The Morgan fingerprint density at radius 3 is 2.33 bits per heavy atom. The lowest BCUT2D eigenvalue weighted by Crippen LogP contribution is -2.28. The highest BCUT2D eigenvalue weighted by Gasteiger charge is 2.30. The Kier molecular flexibility index (Phi) is 6.59. The maximum atomic E-state index is 12.3. The SMILES string of the molecule is CC(NC(=O)Cc1ccc(OC(F)(F)F)cc1)c1cccc(OC(F)F)c1. The van der Waals surface area contributed by atoms with Crippen molar-refractivity contribution in [2.45, 2.75) is 32.4 Å². The number of hydrogen-bond acceptors (Lipinski definition) is 3. The van der Waals surface area contributed by atoms with Gasteiger partial charge in [0.15, 0.2) is 0 Å². The van der Waals surface area contributed by atoms with Crippen molar-refractivity contribution in [3.8, 4) is 11.5 Å². The van der Waals surface area contributed by atoms with Gasteiger partial charge in [0.05, 0.1) is 12.5 Å². The largest absolute Gasteiger partial charge is 0.573 e. The van der Waals surface area contributed by atoms with Crippen molar-refractivity contribution in [3.05, 3.63) is 59.7 Å².